The summed E-state index contributed by atoms with van der Waals surface area (Å²) in [4.78, 5) is 38.1. The Hall–Kier alpha value is -2.22. The average molecular weight is 420 g/mol. The van der Waals surface area contributed by atoms with Gasteiger partial charge in [0, 0.05) is 37.0 Å². The number of piperidine rings is 1. The molecule has 3 rings (SSSR count). The molecule has 1 aromatic carbocycles. The topological polar surface area (TPSA) is 87.7 Å². The van der Waals surface area contributed by atoms with Crippen LogP contribution in [0.25, 0.3) is 0 Å². The molecule has 158 valence electrons. The van der Waals surface area contributed by atoms with E-state index in [1.807, 2.05) is 24.3 Å². The van der Waals surface area contributed by atoms with Crippen molar-refractivity contribution < 1.29 is 19.1 Å². The minimum Gasteiger partial charge on any atom is -0.450 e. The maximum absolute atomic E-state index is 12.4. The molecule has 1 unspecified atom stereocenters. The summed E-state index contributed by atoms with van der Waals surface area (Å²) in [6.45, 7) is 3.36. The molecule has 2 N–H and O–H groups in total. The molecule has 1 saturated heterocycles. The molecule has 0 bridgehead atoms. The number of para-hydroxylation sites is 1. The number of hydrogen-bond donors (Lipinski definition) is 2. The van der Waals surface area contributed by atoms with E-state index < -0.39 is 0 Å². The Balaban J connectivity index is 1.35. The lowest BCUT2D eigenvalue weighted by molar-refractivity contribution is -0.121. The standard InChI is InChI=1S/C21H29N3O4S/c1-2-28-21(27)24-12-9-16(10-13-24)22-19(25)11-14-29-18-8-7-15-5-3-4-6-17(15)23-20(18)26/h3-6,16,18H,2,7-14H2,1H3,(H,22,25)(H,23,26). The maximum Gasteiger partial charge on any atom is 0.409 e. The number of benzene rings is 1. The number of rotatable bonds is 6. The van der Waals surface area contributed by atoms with Crippen LogP contribution in [0.5, 0.6) is 0 Å². The molecule has 0 spiro atoms. The van der Waals surface area contributed by atoms with Crippen molar-refractivity contribution in [1.82, 2.24) is 10.2 Å². The first-order valence-corrected chi connectivity index (χ1v) is 11.3. The first kappa shape index (κ1) is 21.5. The van der Waals surface area contributed by atoms with E-state index in [2.05, 4.69) is 10.6 Å². The van der Waals surface area contributed by atoms with Crippen molar-refractivity contribution >= 4 is 35.4 Å². The summed E-state index contributed by atoms with van der Waals surface area (Å²) in [5.74, 6) is 0.637. The molecule has 0 radical (unpaired) electrons. The molecule has 0 aliphatic carbocycles. The summed E-state index contributed by atoms with van der Waals surface area (Å²) in [6.07, 6.45) is 3.22. The number of fused-ring (bicyclic) bond motifs is 1. The third-order valence-electron chi connectivity index (χ3n) is 5.28. The molecular weight excluding hydrogens is 390 g/mol. The van der Waals surface area contributed by atoms with Gasteiger partial charge in [0.1, 0.15) is 0 Å². The van der Waals surface area contributed by atoms with E-state index in [9.17, 15) is 14.4 Å². The van der Waals surface area contributed by atoms with Crippen LogP contribution < -0.4 is 10.6 Å². The average Bonchev–Trinajstić information content (AvgIpc) is 2.87. The summed E-state index contributed by atoms with van der Waals surface area (Å²) >= 11 is 1.55. The molecule has 0 saturated carbocycles. The lowest BCUT2D eigenvalue weighted by Gasteiger charge is -2.31. The van der Waals surface area contributed by atoms with Crippen LogP contribution in [0.15, 0.2) is 24.3 Å². The zero-order chi connectivity index (χ0) is 20.6. The highest BCUT2D eigenvalue weighted by Crippen LogP contribution is 2.27. The number of nitrogens with zero attached hydrogens (tertiary/aromatic N) is 1. The molecule has 2 aliphatic heterocycles. The van der Waals surface area contributed by atoms with Gasteiger partial charge in [0.25, 0.3) is 0 Å². The van der Waals surface area contributed by atoms with Crippen LogP contribution in [-0.4, -0.2) is 59.5 Å². The molecule has 2 heterocycles. The molecule has 1 aromatic rings. The van der Waals surface area contributed by atoms with Gasteiger partial charge in [0.2, 0.25) is 11.8 Å². The number of amides is 3. The van der Waals surface area contributed by atoms with E-state index in [4.69, 9.17) is 4.74 Å². The second kappa shape index (κ2) is 10.5. The Bertz CT molecular complexity index is 734. The van der Waals surface area contributed by atoms with Crippen LogP contribution in [0.2, 0.25) is 0 Å². The van der Waals surface area contributed by atoms with Gasteiger partial charge in [0.15, 0.2) is 0 Å². The SMILES string of the molecule is CCOC(=O)N1CCC(NC(=O)CCSC2CCc3ccccc3NC2=O)CC1. The van der Waals surface area contributed by atoms with Crippen LogP contribution in [0.1, 0.15) is 38.2 Å². The number of anilines is 1. The number of ether oxygens (including phenoxy) is 1. The predicted octanol–water partition coefficient (Wildman–Crippen LogP) is 2.80. The summed E-state index contributed by atoms with van der Waals surface area (Å²) in [5.41, 5.74) is 2.06. The smallest absolute Gasteiger partial charge is 0.409 e. The van der Waals surface area contributed by atoms with Gasteiger partial charge >= 0.3 is 6.09 Å². The number of nitrogens with one attached hydrogen (secondary N) is 2. The number of carbonyl (C=O) groups excluding carboxylic acids is 3. The van der Waals surface area contributed by atoms with Gasteiger partial charge in [-0.3, -0.25) is 9.59 Å². The number of thioether (sulfide) groups is 1. The van der Waals surface area contributed by atoms with E-state index >= 15 is 0 Å². The quantitative estimate of drug-likeness (QED) is 0.740. The normalized spacial score (nSPS) is 19.7. The first-order chi connectivity index (χ1) is 14.1. The molecule has 29 heavy (non-hydrogen) atoms. The van der Waals surface area contributed by atoms with Crippen LogP contribution in [-0.2, 0) is 20.7 Å². The molecule has 1 fully saturated rings. The van der Waals surface area contributed by atoms with Crippen molar-refractivity contribution in [3.63, 3.8) is 0 Å². The Kier molecular flexibility index (Phi) is 7.80. The second-order valence-corrected chi connectivity index (χ2v) is 8.63. The molecule has 0 aromatic heterocycles. The highest BCUT2D eigenvalue weighted by atomic mass is 32.2. The highest BCUT2D eigenvalue weighted by molar-refractivity contribution is 8.00. The van der Waals surface area contributed by atoms with Crippen LogP contribution in [0.4, 0.5) is 10.5 Å². The van der Waals surface area contributed by atoms with Crippen LogP contribution in [0.3, 0.4) is 0 Å². The summed E-state index contributed by atoms with van der Waals surface area (Å²) in [7, 11) is 0. The Morgan fingerprint density at radius 3 is 2.76 bits per heavy atom. The molecule has 7 nitrogen and oxygen atoms in total. The Labute approximate surface area is 175 Å². The largest absolute Gasteiger partial charge is 0.450 e. The minimum absolute atomic E-state index is 0.00407. The van der Waals surface area contributed by atoms with Crippen molar-refractivity contribution in [3.8, 4) is 0 Å². The van der Waals surface area contributed by atoms with E-state index in [1.54, 1.807) is 23.6 Å². The number of likely N-dealkylation sites (tertiary alicyclic amines) is 1. The molecule has 2 aliphatic rings. The highest BCUT2D eigenvalue weighted by Gasteiger charge is 2.26. The third-order valence-corrected chi connectivity index (χ3v) is 6.57. The number of carbonyl (C=O) groups is 3. The van der Waals surface area contributed by atoms with E-state index in [-0.39, 0.29) is 29.2 Å². The fourth-order valence-electron chi connectivity index (χ4n) is 3.67. The Morgan fingerprint density at radius 2 is 2.00 bits per heavy atom. The summed E-state index contributed by atoms with van der Waals surface area (Å²) in [6, 6.07) is 7.98. The van der Waals surface area contributed by atoms with Gasteiger partial charge in [-0.25, -0.2) is 4.79 Å². The first-order valence-electron chi connectivity index (χ1n) is 10.3. The van der Waals surface area contributed by atoms with Crippen molar-refractivity contribution in [2.75, 3.05) is 30.8 Å². The van der Waals surface area contributed by atoms with E-state index in [0.29, 0.717) is 31.9 Å². The Morgan fingerprint density at radius 1 is 1.24 bits per heavy atom. The molecular formula is C21H29N3O4S. The second-order valence-electron chi connectivity index (χ2n) is 7.32. The lowest BCUT2D eigenvalue weighted by atomic mass is 10.1. The zero-order valence-corrected chi connectivity index (χ0v) is 17.6. The minimum atomic E-state index is -0.280. The fourth-order valence-corrected chi connectivity index (χ4v) is 4.75. The number of aryl methyl sites for hydroxylation is 1. The van der Waals surface area contributed by atoms with Gasteiger partial charge < -0.3 is 20.3 Å². The molecule has 3 amide bonds. The van der Waals surface area contributed by atoms with E-state index in [0.717, 1.165) is 36.9 Å². The lowest BCUT2D eigenvalue weighted by Crippen LogP contribution is -2.46. The summed E-state index contributed by atoms with van der Waals surface area (Å²) in [5, 5.41) is 5.91. The van der Waals surface area contributed by atoms with Crippen LogP contribution >= 0.6 is 11.8 Å². The molecule has 1 atom stereocenters. The van der Waals surface area contributed by atoms with Crippen molar-refractivity contribution in [2.24, 2.45) is 0 Å². The van der Waals surface area contributed by atoms with Crippen molar-refractivity contribution in [3.05, 3.63) is 29.8 Å². The maximum atomic E-state index is 12.4. The fraction of sp³-hybridized carbons (Fsp3) is 0.571. The van der Waals surface area contributed by atoms with E-state index in [1.165, 1.54) is 0 Å². The third kappa shape index (κ3) is 6.13. The van der Waals surface area contributed by atoms with Crippen molar-refractivity contribution in [1.29, 1.82) is 0 Å². The van der Waals surface area contributed by atoms with Gasteiger partial charge in [-0.05, 0) is 44.2 Å². The van der Waals surface area contributed by atoms with Gasteiger partial charge in [-0.2, -0.15) is 0 Å². The van der Waals surface area contributed by atoms with Crippen LogP contribution in [0, 0.1) is 0 Å². The summed E-state index contributed by atoms with van der Waals surface area (Å²) < 4.78 is 5.01. The van der Waals surface area contributed by atoms with Gasteiger partial charge in [-0.15, -0.1) is 11.8 Å². The van der Waals surface area contributed by atoms with Crippen molar-refractivity contribution in [2.45, 2.75) is 50.3 Å². The predicted molar refractivity (Wildman–Crippen MR) is 114 cm³/mol. The number of hydrogen-bond acceptors (Lipinski definition) is 5. The monoisotopic (exact) mass is 419 g/mol. The van der Waals surface area contributed by atoms with Gasteiger partial charge in [-0.1, -0.05) is 18.2 Å². The molecule has 8 heteroatoms. The zero-order valence-electron chi connectivity index (χ0n) is 16.8. The van der Waals surface area contributed by atoms with Gasteiger partial charge in [0.05, 0.1) is 11.9 Å².